The predicted molar refractivity (Wildman–Crippen MR) is 80.9 cm³/mol. The number of nitrogens with one attached hydrogen (secondary N) is 2. The van der Waals surface area contributed by atoms with E-state index in [4.69, 9.17) is 0 Å². The Kier molecular flexibility index (Phi) is 2.86. The van der Waals surface area contributed by atoms with Crippen LogP contribution in [0, 0.1) is 5.92 Å². The Morgan fingerprint density at radius 1 is 1.40 bits per heavy atom. The van der Waals surface area contributed by atoms with Gasteiger partial charge in [-0.15, -0.1) is 0 Å². The van der Waals surface area contributed by atoms with E-state index in [1.54, 1.807) is 0 Å². The molecule has 4 nitrogen and oxygen atoms in total. The standard InChI is InChI=1S/C15H16BrN3O/c16-11-5-13-4-9(1-2-19(13)8-11)15(20)18-14-6-12-3-10(14)7-17-12/h1-2,4-5,8,10,12,14,17H,3,6-7H2,(H,18,20). The third-order valence-corrected chi connectivity index (χ3v) is 4.94. The highest BCUT2D eigenvalue weighted by atomic mass is 79.9. The van der Waals surface area contributed by atoms with Gasteiger partial charge in [0.25, 0.3) is 5.91 Å². The zero-order chi connectivity index (χ0) is 13.7. The van der Waals surface area contributed by atoms with Crippen LogP contribution in [-0.4, -0.2) is 28.9 Å². The zero-order valence-electron chi connectivity index (χ0n) is 11.0. The minimum atomic E-state index is 0.0439. The molecule has 1 saturated carbocycles. The number of piperidine rings is 1. The summed E-state index contributed by atoms with van der Waals surface area (Å²) in [4.78, 5) is 12.4. The minimum absolute atomic E-state index is 0.0439. The summed E-state index contributed by atoms with van der Waals surface area (Å²) in [5.74, 6) is 0.650. The molecule has 3 unspecified atom stereocenters. The van der Waals surface area contributed by atoms with Crippen LogP contribution in [0.2, 0.25) is 0 Å². The maximum absolute atomic E-state index is 12.4. The van der Waals surface area contributed by atoms with E-state index in [9.17, 15) is 4.79 Å². The maximum Gasteiger partial charge on any atom is 0.251 e. The summed E-state index contributed by atoms with van der Waals surface area (Å²) in [6.45, 7) is 1.04. The van der Waals surface area contributed by atoms with Crippen molar-refractivity contribution in [3.05, 3.63) is 40.6 Å². The van der Waals surface area contributed by atoms with Gasteiger partial charge in [-0.3, -0.25) is 4.79 Å². The maximum atomic E-state index is 12.4. The summed E-state index contributed by atoms with van der Waals surface area (Å²) in [5.41, 5.74) is 1.76. The second-order valence-corrected chi connectivity index (χ2v) is 6.74. The molecule has 0 aromatic carbocycles. The molecule has 104 valence electrons. The molecule has 2 bridgehead atoms. The zero-order valence-corrected chi connectivity index (χ0v) is 12.6. The highest BCUT2D eigenvalue weighted by molar-refractivity contribution is 9.10. The molecule has 1 aliphatic carbocycles. The Morgan fingerprint density at radius 3 is 3.05 bits per heavy atom. The van der Waals surface area contributed by atoms with E-state index in [1.165, 1.54) is 6.42 Å². The van der Waals surface area contributed by atoms with Gasteiger partial charge in [0.2, 0.25) is 0 Å². The molecule has 2 aromatic heterocycles. The lowest BCUT2D eigenvalue weighted by Gasteiger charge is -2.23. The summed E-state index contributed by atoms with van der Waals surface area (Å²) < 4.78 is 3.02. The van der Waals surface area contributed by atoms with Gasteiger partial charge in [0.05, 0.1) is 0 Å². The molecule has 1 saturated heterocycles. The van der Waals surface area contributed by atoms with E-state index >= 15 is 0 Å². The van der Waals surface area contributed by atoms with E-state index in [2.05, 4.69) is 26.6 Å². The molecular weight excluding hydrogens is 318 g/mol. The highest BCUT2D eigenvalue weighted by Gasteiger charge is 2.40. The number of aromatic nitrogens is 1. The second-order valence-electron chi connectivity index (χ2n) is 5.82. The number of hydrogen-bond donors (Lipinski definition) is 2. The largest absolute Gasteiger partial charge is 0.349 e. The number of rotatable bonds is 2. The molecule has 0 radical (unpaired) electrons. The van der Waals surface area contributed by atoms with Crippen LogP contribution in [0.25, 0.3) is 5.52 Å². The van der Waals surface area contributed by atoms with Gasteiger partial charge in [-0.05, 0) is 52.9 Å². The van der Waals surface area contributed by atoms with Crippen LogP contribution < -0.4 is 10.6 Å². The summed E-state index contributed by atoms with van der Waals surface area (Å²) in [6.07, 6.45) is 6.18. The van der Waals surface area contributed by atoms with Gasteiger partial charge in [-0.2, -0.15) is 0 Å². The van der Waals surface area contributed by atoms with Gasteiger partial charge in [0, 0.05) is 46.6 Å². The number of pyridine rings is 1. The van der Waals surface area contributed by atoms with Crippen LogP contribution in [0.1, 0.15) is 23.2 Å². The number of hydrogen-bond acceptors (Lipinski definition) is 2. The molecule has 2 fully saturated rings. The number of nitrogens with zero attached hydrogens (tertiary/aromatic N) is 1. The topological polar surface area (TPSA) is 45.5 Å². The first-order valence-electron chi connectivity index (χ1n) is 7.00. The SMILES string of the molecule is O=C(NC1CC2CC1CN2)c1ccn2cc(Br)cc2c1. The number of carbonyl (C=O) groups is 1. The fraction of sp³-hybridized carbons (Fsp3) is 0.400. The lowest BCUT2D eigenvalue weighted by molar-refractivity contribution is 0.0925. The summed E-state index contributed by atoms with van der Waals surface area (Å²) in [5, 5.41) is 6.66. The van der Waals surface area contributed by atoms with E-state index in [0.717, 1.165) is 28.5 Å². The van der Waals surface area contributed by atoms with Crippen LogP contribution in [-0.2, 0) is 0 Å². The average Bonchev–Trinajstić information content (AvgIpc) is 3.10. The molecule has 2 aromatic rings. The smallest absolute Gasteiger partial charge is 0.251 e. The molecule has 4 rings (SSSR count). The molecule has 0 spiro atoms. The highest BCUT2D eigenvalue weighted by Crippen LogP contribution is 2.31. The van der Waals surface area contributed by atoms with Gasteiger partial charge < -0.3 is 15.0 Å². The number of amides is 1. The number of carbonyl (C=O) groups excluding carboxylic acids is 1. The van der Waals surface area contributed by atoms with Crippen molar-refractivity contribution in [2.45, 2.75) is 24.9 Å². The minimum Gasteiger partial charge on any atom is -0.349 e. The van der Waals surface area contributed by atoms with Crippen molar-refractivity contribution in [2.24, 2.45) is 5.92 Å². The molecule has 5 heteroatoms. The summed E-state index contributed by atoms with van der Waals surface area (Å²) in [6, 6.07) is 6.77. The van der Waals surface area contributed by atoms with Crippen LogP contribution >= 0.6 is 15.9 Å². The van der Waals surface area contributed by atoms with Crippen molar-refractivity contribution in [1.82, 2.24) is 15.0 Å². The first-order valence-corrected chi connectivity index (χ1v) is 7.80. The molecule has 3 heterocycles. The Bertz CT molecular complexity index is 681. The van der Waals surface area contributed by atoms with Crippen LogP contribution in [0.15, 0.2) is 35.1 Å². The number of fused-ring (bicyclic) bond motifs is 3. The van der Waals surface area contributed by atoms with Crippen molar-refractivity contribution in [3.63, 3.8) is 0 Å². The Labute approximate surface area is 125 Å². The number of halogens is 1. The third-order valence-electron chi connectivity index (χ3n) is 4.51. The normalized spacial score (nSPS) is 28.1. The fourth-order valence-electron chi connectivity index (χ4n) is 3.48. The van der Waals surface area contributed by atoms with Crippen LogP contribution in [0.3, 0.4) is 0 Å². The summed E-state index contributed by atoms with van der Waals surface area (Å²) >= 11 is 3.45. The Morgan fingerprint density at radius 2 is 2.30 bits per heavy atom. The molecule has 20 heavy (non-hydrogen) atoms. The quantitative estimate of drug-likeness (QED) is 0.884. The lowest BCUT2D eigenvalue weighted by atomic mass is 10.0. The van der Waals surface area contributed by atoms with Crippen molar-refractivity contribution < 1.29 is 4.79 Å². The average molecular weight is 334 g/mol. The molecule has 1 amide bonds. The second kappa shape index (κ2) is 4.60. The molecule has 1 aliphatic heterocycles. The Hall–Kier alpha value is -1.33. The monoisotopic (exact) mass is 333 g/mol. The predicted octanol–water partition coefficient (Wildman–Crippen LogP) is 2.18. The molecule has 2 N–H and O–H groups in total. The molecule has 3 atom stereocenters. The Balaban J connectivity index is 1.54. The van der Waals surface area contributed by atoms with E-state index in [1.807, 2.05) is 35.0 Å². The third kappa shape index (κ3) is 2.05. The van der Waals surface area contributed by atoms with Gasteiger partial charge in [0.1, 0.15) is 0 Å². The van der Waals surface area contributed by atoms with E-state index in [-0.39, 0.29) is 5.91 Å². The van der Waals surface area contributed by atoms with Gasteiger partial charge >= 0.3 is 0 Å². The molecular formula is C15H16BrN3O. The van der Waals surface area contributed by atoms with Crippen molar-refractivity contribution in [2.75, 3.05) is 6.54 Å². The van der Waals surface area contributed by atoms with Gasteiger partial charge in [-0.1, -0.05) is 0 Å². The van der Waals surface area contributed by atoms with E-state index in [0.29, 0.717) is 18.0 Å². The first-order chi connectivity index (χ1) is 9.69. The van der Waals surface area contributed by atoms with Gasteiger partial charge in [0.15, 0.2) is 0 Å². The van der Waals surface area contributed by atoms with Crippen molar-refractivity contribution in [3.8, 4) is 0 Å². The van der Waals surface area contributed by atoms with Crippen LogP contribution in [0.5, 0.6) is 0 Å². The first kappa shape index (κ1) is 12.4. The van der Waals surface area contributed by atoms with Crippen molar-refractivity contribution >= 4 is 27.4 Å². The fourth-order valence-corrected chi connectivity index (χ4v) is 3.93. The molecule has 2 aliphatic rings. The lowest BCUT2D eigenvalue weighted by Crippen LogP contribution is -2.44. The summed E-state index contributed by atoms with van der Waals surface area (Å²) in [7, 11) is 0. The van der Waals surface area contributed by atoms with Crippen LogP contribution in [0.4, 0.5) is 0 Å². The van der Waals surface area contributed by atoms with Crippen molar-refractivity contribution in [1.29, 1.82) is 0 Å². The van der Waals surface area contributed by atoms with E-state index < -0.39 is 0 Å². The van der Waals surface area contributed by atoms with Gasteiger partial charge in [-0.25, -0.2) is 0 Å².